The molecule has 0 saturated carbocycles. The molecule has 0 bridgehead atoms. The maximum Gasteiger partial charge on any atom is 0.335 e. The summed E-state index contributed by atoms with van der Waals surface area (Å²) in [5, 5.41) is 39.5. The van der Waals surface area contributed by atoms with Gasteiger partial charge in [-0.3, -0.25) is 0 Å². The zero-order chi connectivity index (χ0) is 10.3. The number of rotatable bonds is 3. The Morgan fingerprint density at radius 2 is 1.08 bits per heavy atom. The molecule has 7 heteroatoms. The Labute approximate surface area is 67.5 Å². The molecule has 0 aromatic heterocycles. The number of aliphatic hydroxyl groups excluding tert-OH is 3. The van der Waals surface area contributed by atoms with Gasteiger partial charge in [0.25, 0.3) is 0 Å². The second kappa shape index (κ2) is 6.53. The van der Waals surface area contributed by atoms with Crippen molar-refractivity contribution in [3.63, 3.8) is 0 Å². The molecular weight excluding hydrogens is 172 g/mol. The monoisotopic (exact) mass is 182 g/mol. The van der Waals surface area contributed by atoms with Crippen LogP contribution in [0.25, 0.3) is 0 Å². The maximum absolute atomic E-state index is 9.77. The molecule has 2 atom stereocenters. The average molecular weight is 182 g/mol. The Bertz CT molecular complexity index is 136. The van der Waals surface area contributed by atoms with E-state index in [0.29, 0.717) is 0 Å². The number of carbonyl (C=O) groups is 2. The van der Waals surface area contributed by atoms with Gasteiger partial charge in [-0.15, -0.1) is 0 Å². The van der Waals surface area contributed by atoms with Crippen LogP contribution in [0.4, 0.5) is 0 Å². The van der Waals surface area contributed by atoms with Crippen LogP contribution in [0.3, 0.4) is 0 Å². The molecule has 0 heterocycles. The molecule has 7 nitrogen and oxygen atoms in total. The van der Waals surface area contributed by atoms with Crippen molar-refractivity contribution in [1.82, 2.24) is 0 Å². The first-order valence-electron chi connectivity index (χ1n) is 2.73. The normalized spacial score (nSPS) is 13.7. The lowest BCUT2D eigenvalue weighted by Crippen LogP contribution is -2.39. The van der Waals surface area contributed by atoms with Crippen molar-refractivity contribution in [2.75, 3.05) is 7.11 Å². The first-order valence-corrected chi connectivity index (χ1v) is 2.73. The van der Waals surface area contributed by atoms with Crippen LogP contribution < -0.4 is 0 Å². The quantitative estimate of drug-likeness (QED) is 0.325. The second-order valence-electron chi connectivity index (χ2n) is 1.57. The van der Waals surface area contributed by atoms with E-state index in [2.05, 4.69) is 0 Å². The molecule has 0 aliphatic rings. The van der Waals surface area contributed by atoms with Crippen LogP contribution >= 0.6 is 0 Å². The van der Waals surface area contributed by atoms with Gasteiger partial charge in [-0.05, 0) is 0 Å². The van der Waals surface area contributed by atoms with Crippen LogP contribution in [-0.4, -0.2) is 56.8 Å². The summed E-state index contributed by atoms with van der Waals surface area (Å²) < 4.78 is 0. The third-order valence-electron chi connectivity index (χ3n) is 0.805. The van der Waals surface area contributed by atoms with Crippen molar-refractivity contribution in [2.24, 2.45) is 0 Å². The highest BCUT2D eigenvalue weighted by Crippen LogP contribution is 1.92. The lowest BCUT2D eigenvalue weighted by molar-refractivity contribution is -0.165. The summed E-state index contributed by atoms with van der Waals surface area (Å²) >= 11 is 0. The van der Waals surface area contributed by atoms with Crippen LogP contribution in [0.5, 0.6) is 0 Å². The molecule has 0 aliphatic heterocycles. The average Bonchev–Trinajstić information content (AvgIpc) is 2.05. The van der Waals surface area contributed by atoms with Gasteiger partial charge in [0.15, 0.2) is 12.2 Å². The number of carboxylic acid groups (broad SMARTS) is 2. The number of hydrogen-bond donors (Lipinski definition) is 5. The number of hydrogen-bond acceptors (Lipinski definition) is 5. The van der Waals surface area contributed by atoms with Gasteiger partial charge in [0, 0.05) is 7.11 Å². The molecular formula is C5H10O7. The summed E-state index contributed by atoms with van der Waals surface area (Å²) in [5.74, 6) is -3.54. The van der Waals surface area contributed by atoms with Gasteiger partial charge < -0.3 is 25.5 Å². The van der Waals surface area contributed by atoms with Gasteiger partial charge in [-0.1, -0.05) is 0 Å². The molecule has 0 aromatic rings. The minimum Gasteiger partial charge on any atom is -0.479 e. The summed E-state index contributed by atoms with van der Waals surface area (Å²) in [7, 11) is 1.00. The van der Waals surface area contributed by atoms with Crippen LogP contribution in [0.1, 0.15) is 0 Å². The third kappa shape index (κ3) is 4.61. The molecule has 0 rings (SSSR count). The summed E-state index contributed by atoms with van der Waals surface area (Å²) in [6.45, 7) is 0. The molecule has 0 aromatic carbocycles. The molecule has 0 unspecified atom stereocenters. The highest BCUT2D eigenvalue weighted by atomic mass is 16.4. The van der Waals surface area contributed by atoms with Gasteiger partial charge in [0.05, 0.1) is 0 Å². The molecule has 0 radical (unpaired) electrons. The Morgan fingerprint density at radius 1 is 0.917 bits per heavy atom. The van der Waals surface area contributed by atoms with Crippen molar-refractivity contribution in [3.05, 3.63) is 0 Å². The van der Waals surface area contributed by atoms with Crippen molar-refractivity contribution in [2.45, 2.75) is 12.2 Å². The number of aliphatic carboxylic acids is 2. The summed E-state index contributed by atoms with van der Waals surface area (Å²) in [5.41, 5.74) is 0. The Kier molecular flexibility index (Phi) is 7.29. The van der Waals surface area contributed by atoms with E-state index in [4.69, 9.17) is 25.5 Å². The molecule has 0 fully saturated rings. The minimum absolute atomic E-state index is 1.00. The van der Waals surface area contributed by atoms with Crippen LogP contribution in [-0.2, 0) is 9.59 Å². The lowest BCUT2D eigenvalue weighted by Gasteiger charge is -2.07. The van der Waals surface area contributed by atoms with Crippen molar-refractivity contribution in [1.29, 1.82) is 0 Å². The molecule has 72 valence electrons. The van der Waals surface area contributed by atoms with E-state index in [9.17, 15) is 9.59 Å². The lowest BCUT2D eigenvalue weighted by atomic mass is 10.2. The van der Waals surface area contributed by atoms with Crippen LogP contribution in [0, 0.1) is 0 Å². The largest absolute Gasteiger partial charge is 0.479 e. The van der Waals surface area contributed by atoms with E-state index >= 15 is 0 Å². The first kappa shape index (κ1) is 13.4. The van der Waals surface area contributed by atoms with Crippen molar-refractivity contribution >= 4 is 11.9 Å². The Balaban J connectivity index is 0. The Hall–Kier alpha value is -1.18. The van der Waals surface area contributed by atoms with E-state index in [-0.39, 0.29) is 0 Å². The molecule has 0 spiro atoms. The third-order valence-corrected chi connectivity index (χ3v) is 0.805. The predicted octanol–water partition coefficient (Wildman–Crippen LogP) is -2.51. The fourth-order valence-electron chi connectivity index (χ4n) is 0.270. The SMILES string of the molecule is CO.O=C(O)[C@@H](O)[C@H](O)C(=O)O. The maximum atomic E-state index is 9.77. The van der Waals surface area contributed by atoms with Gasteiger partial charge >= 0.3 is 11.9 Å². The molecule has 0 aliphatic carbocycles. The topological polar surface area (TPSA) is 135 Å². The molecule has 0 saturated heterocycles. The minimum atomic E-state index is -2.27. The fraction of sp³-hybridized carbons (Fsp3) is 0.600. The predicted molar refractivity (Wildman–Crippen MR) is 35.4 cm³/mol. The zero-order valence-corrected chi connectivity index (χ0v) is 6.21. The molecule has 5 N–H and O–H groups in total. The molecule has 0 amide bonds. The fourth-order valence-corrected chi connectivity index (χ4v) is 0.270. The van der Waals surface area contributed by atoms with E-state index in [1.54, 1.807) is 0 Å². The van der Waals surface area contributed by atoms with Crippen LogP contribution in [0.2, 0.25) is 0 Å². The van der Waals surface area contributed by atoms with E-state index in [1.807, 2.05) is 0 Å². The van der Waals surface area contributed by atoms with Gasteiger partial charge in [-0.25, -0.2) is 9.59 Å². The van der Waals surface area contributed by atoms with E-state index < -0.39 is 24.1 Å². The van der Waals surface area contributed by atoms with Gasteiger partial charge in [-0.2, -0.15) is 0 Å². The first-order chi connectivity index (χ1) is 5.46. The number of aliphatic hydroxyl groups is 3. The summed E-state index contributed by atoms with van der Waals surface area (Å²) in [6.07, 6.45) is -4.53. The van der Waals surface area contributed by atoms with E-state index in [0.717, 1.165) is 7.11 Å². The zero-order valence-electron chi connectivity index (χ0n) is 6.21. The highest BCUT2D eigenvalue weighted by molar-refractivity contribution is 5.82. The van der Waals surface area contributed by atoms with Crippen LogP contribution in [0.15, 0.2) is 0 Å². The standard InChI is InChI=1S/C4H6O6.CH4O/c5-1(3(7)8)2(6)4(9)10;1-2/h1-2,5-6H,(H,7,8)(H,9,10);2H,1H3/t1-,2-;/m0./s1. The summed E-state index contributed by atoms with van der Waals surface area (Å²) in [4.78, 5) is 19.5. The smallest absolute Gasteiger partial charge is 0.335 e. The highest BCUT2D eigenvalue weighted by Gasteiger charge is 2.29. The second-order valence-corrected chi connectivity index (χ2v) is 1.57. The van der Waals surface area contributed by atoms with Gasteiger partial charge in [0.2, 0.25) is 0 Å². The van der Waals surface area contributed by atoms with Crippen molar-refractivity contribution < 1.29 is 35.1 Å². The molecule has 12 heavy (non-hydrogen) atoms. The summed E-state index contributed by atoms with van der Waals surface area (Å²) in [6, 6.07) is 0. The number of carboxylic acids is 2. The van der Waals surface area contributed by atoms with E-state index in [1.165, 1.54) is 0 Å². The Morgan fingerprint density at radius 3 is 1.17 bits per heavy atom. The van der Waals surface area contributed by atoms with Gasteiger partial charge in [0.1, 0.15) is 0 Å². The van der Waals surface area contributed by atoms with Crippen molar-refractivity contribution in [3.8, 4) is 0 Å².